The first-order valence-corrected chi connectivity index (χ1v) is 4.99. The van der Waals surface area contributed by atoms with Crippen molar-refractivity contribution in [2.24, 2.45) is 0 Å². The minimum absolute atomic E-state index is 0.159. The number of amides is 1. The topological polar surface area (TPSA) is 29.1 Å². The Hall–Kier alpha value is -0.298. The summed E-state index contributed by atoms with van der Waals surface area (Å²) in [5, 5.41) is 6.83. The Morgan fingerprint density at radius 1 is 1.80 bits per heavy atom. The Balaban J connectivity index is 2.35. The first-order chi connectivity index (χ1) is 4.79. The lowest BCUT2D eigenvalue weighted by molar-refractivity contribution is 0.259. The zero-order chi connectivity index (χ0) is 7.40. The summed E-state index contributed by atoms with van der Waals surface area (Å²) in [4.78, 5) is 10.5. The van der Waals surface area contributed by atoms with E-state index in [2.05, 4.69) is 5.32 Å². The van der Waals surface area contributed by atoms with Gasteiger partial charge in [0.05, 0.1) is 0 Å². The van der Waals surface area contributed by atoms with E-state index in [1.165, 1.54) is 5.56 Å². The zero-order valence-electron chi connectivity index (χ0n) is 5.76. The van der Waals surface area contributed by atoms with Crippen molar-refractivity contribution in [1.82, 2.24) is 5.32 Å². The second kappa shape index (κ2) is 3.77. The van der Waals surface area contributed by atoms with E-state index in [0.29, 0.717) is 22.8 Å². The van der Waals surface area contributed by atoms with Crippen LogP contribution in [0.15, 0.2) is 16.8 Å². The monoisotopic (exact) mass is 169 g/mol. The maximum atomic E-state index is 10.5. The number of thiophene rings is 1. The molecular weight excluding hydrogens is 161 g/mol. The van der Waals surface area contributed by atoms with Crippen LogP contribution in [-0.4, -0.2) is 21.1 Å². The average Bonchev–Trinajstić information content (AvgIpc) is 2.34. The van der Waals surface area contributed by atoms with E-state index in [9.17, 15) is 4.79 Å². The summed E-state index contributed by atoms with van der Waals surface area (Å²) < 4.78 is 0.159. The maximum absolute atomic E-state index is 10.5. The molecular formula is C6H8AlNOS. The van der Waals surface area contributed by atoms with Crippen LogP contribution < -0.4 is 5.32 Å². The number of hydrogen-bond acceptors (Lipinski definition) is 2. The molecule has 1 aromatic rings. The molecule has 0 radical (unpaired) electrons. The number of carbonyl (C=O) groups excluding carboxylic acids is 1. The fourth-order valence-corrected chi connectivity index (χ4v) is 1.47. The van der Waals surface area contributed by atoms with Gasteiger partial charge in [-0.3, -0.25) is 4.79 Å². The highest BCUT2D eigenvalue weighted by Gasteiger charge is 1.92. The Morgan fingerprint density at radius 3 is 3.10 bits per heavy atom. The summed E-state index contributed by atoms with van der Waals surface area (Å²) >= 11 is 2.24. The standard InChI is InChI=1S/C6H6NOS.Al.2H/c8-5-7-3-6-1-2-9-4-6;;;/h1-2,4H,3H2,(H,7,8);;;. The third-order valence-corrected chi connectivity index (χ3v) is 2.21. The predicted octanol–water partition coefficient (Wildman–Crippen LogP) is 0.591. The van der Waals surface area contributed by atoms with Gasteiger partial charge in [0.2, 0.25) is 0 Å². The average molecular weight is 169 g/mol. The van der Waals surface area contributed by atoms with Gasteiger partial charge in [0.15, 0.2) is 0 Å². The number of rotatable bonds is 2. The van der Waals surface area contributed by atoms with Crippen LogP contribution in [-0.2, 0) is 6.54 Å². The maximum Gasteiger partial charge on any atom is 0.354 e. The van der Waals surface area contributed by atoms with Crippen LogP contribution in [0.4, 0.5) is 4.79 Å². The van der Waals surface area contributed by atoms with Crippen molar-refractivity contribution in [2.75, 3.05) is 0 Å². The number of nitrogens with one attached hydrogen (secondary N) is 1. The van der Waals surface area contributed by atoms with Crippen LogP contribution in [0.3, 0.4) is 0 Å². The van der Waals surface area contributed by atoms with Crippen molar-refractivity contribution in [3.63, 3.8) is 0 Å². The van der Waals surface area contributed by atoms with Gasteiger partial charge in [0, 0.05) is 6.54 Å². The zero-order valence-corrected chi connectivity index (χ0v) is 8.57. The first kappa shape index (κ1) is 7.81. The smallest absolute Gasteiger partial charge is 0.354 e. The number of carbonyl (C=O) groups is 1. The highest BCUT2D eigenvalue weighted by molar-refractivity contribution is 7.07. The molecule has 0 spiro atoms. The van der Waals surface area contributed by atoms with Gasteiger partial charge in [-0.25, -0.2) is 0 Å². The molecule has 52 valence electrons. The van der Waals surface area contributed by atoms with E-state index in [1.807, 2.05) is 16.8 Å². The van der Waals surface area contributed by atoms with Crippen LogP contribution in [0.25, 0.3) is 0 Å². The van der Waals surface area contributed by atoms with Crippen molar-refractivity contribution in [3.05, 3.63) is 22.4 Å². The van der Waals surface area contributed by atoms with Gasteiger partial charge < -0.3 is 5.32 Å². The van der Waals surface area contributed by atoms with Crippen LogP contribution in [0.1, 0.15) is 5.56 Å². The summed E-state index contributed by atoms with van der Waals surface area (Å²) in [7, 11) is 0. The molecule has 1 aromatic heterocycles. The Bertz CT molecular complexity index is 210. The Kier molecular flexibility index (Phi) is 2.94. The van der Waals surface area contributed by atoms with E-state index in [1.54, 1.807) is 11.3 Å². The molecule has 0 aliphatic carbocycles. The third-order valence-electron chi connectivity index (χ3n) is 1.12. The molecule has 1 rings (SSSR count). The Labute approximate surface area is 71.7 Å². The van der Waals surface area contributed by atoms with Crippen molar-refractivity contribution in [2.45, 2.75) is 6.54 Å². The molecule has 0 aliphatic rings. The van der Waals surface area contributed by atoms with Gasteiger partial charge in [-0.1, -0.05) is 0 Å². The SMILES string of the molecule is O=[C]([AlH2])NCc1ccsc1. The van der Waals surface area contributed by atoms with E-state index in [-0.39, 0.29) is 4.77 Å². The van der Waals surface area contributed by atoms with Gasteiger partial charge >= 0.3 is 16.3 Å². The van der Waals surface area contributed by atoms with Crippen molar-refractivity contribution in [3.8, 4) is 0 Å². The predicted molar refractivity (Wildman–Crippen MR) is 45.1 cm³/mol. The van der Waals surface area contributed by atoms with Crippen molar-refractivity contribution >= 4 is 32.4 Å². The normalized spacial score (nSPS) is 9.20. The highest BCUT2D eigenvalue weighted by atomic mass is 32.1. The lowest BCUT2D eigenvalue weighted by atomic mass is 10.3. The highest BCUT2D eigenvalue weighted by Crippen LogP contribution is 2.04. The summed E-state index contributed by atoms with van der Waals surface area (Å²) in [6.07, 6.45) is 0. The molecule has 1 N–H and O–H groups in total. The molecule has 0 saturated carbocycles. The number of hydrogen-bond donors (Lipinski definition) is 1. The third kappa shape index (κ3) is 2.53. The minimum atomic E-state index is 0.159. The molecule has 4 heteroatoms. The molecule has 0 aliphatic heterocycles. The molecule has 0 fully saturated rings. The molecule has 0 atom stereocenters. The van der Waals surface area contributed by atoms with Gasteiger partial charge in [-0.05, 0) is 22.4 Å². The molecule has 1 heterocycles. The first-order valence-electron chi connectivity index (χ1n) is 3.04. The molecule has 0 aromatic carbocycles. The van der Waals surface area contributed by atoms with E-state index < -0.39 is 0 Å². The molecule has 0 saturated heterocycles. The lowest BCUT2D eigenvalue weighted by Crippen LogP contribution is -2.20. The van der Waals surface area contributed by atoms with Crippen LogP contribution >= 0.6 is 11.3 Å². The van der Waals surface area contributed by atoms with Gasteiger partial charge in [-0.15, -0.1) is 0 Å². The summed E-state index contributed by atoms with van der Waals surface area (Å²) in [5.41, 5.74) is 1.19. The summed E-state index contributed by atoms with van der Waals surface area (Å²) in [5.74, 6) is 0. The molecule has 0 bridgehead atoms. The van der Waals surface area contributed by atoms with Crippen molar-refractivity contribution in [1.29, 1.82) is 0 Å². The van der Waals surface area contributed by atoms with E-state index in [0.717, 1.165) is 0 Å². The van der Waals surface area contributed by atoms with Crippen LogP contribution in [0, 0.1) is 0 Å². The fourth-order valence-electron chi connectivity index (χ4n) is 0.620. The molecule has 1 amide bonds. The summed E-state index contributed by atoms with van der Waals surface area (Å²) in [6.45, 7) is 0.686. The summed E-state index contributed by atoms with van der Waals surface area (Å²) in [6, 6.07) is 2.02. The second-order valence-electron chi connectivity index (χ2n) is 2.04. The van der Waals surface area contributed by atoms with E-state index in [4.69, 9.17) is 0 Å². The molecule has 10 heavy (non-hydrogen) atoms. The van der Waals surface area contributed by atoms with Crippen LogP contribution in [0.5, 0.6) is 0 Å². The van der Waals surface area contributed by atoms with Crippen molar-refractivity contribution < 1.29 is 4.79 Å². The lowest BCUT2D eigenvalue weighted by Gasteiger charge is -1.97. The van der Waals surface area contributed by atoms with Gasteiger partial charge in [0.1, 0.15) is 4.77 Å². The van der Waals surface area contributed by atoms with Gasteiger partial charge in [0.25, 0.3) is 0 Å². The van der Waals surface area contributed by atoms with E-state index >= 15 is 0 Å². The largest absolute Gasteiger partial charge is 0.369 e. The second-order valence-corrected chi connectivity index (χ2v) is 3.73. The molecule has 0 unspecified atom stereocenters. The van der Waals surface area contributed by atoms with Gasteiger partial charge in [-0.2, -0.15) is 11.3 Å². The van der Waals surface area contributed by atoms with Crippen LogP contribution in [0.2, 0.25) is 0 Å². The Morgan fingerprint density at radius 2 is 2.60 bits per heavy atom. The fraction of sp³-hybridized carbons (Fsp3) is 0.167. The molecule has 2 nitrogen and oxygen atoms in total. The quantitative estimate of drug-likeness (QED) is 0.645. The minimum Gasteiger partial charge on any atom is -0.369 e.